The molecule has 1 aromatic heterocycles. The molecule has 0 fully saturated rings. The van der Waals surface area contributed by atoms with Crippen molar-refractivity contribution in [2.45, 2.75) is 39.2 Å². The lowest BCUT2D eigenvalue weighted by Gasteiger charge is -2.25. The van der Waals surface area contributed by atoms with E-state index in [-0.39, 0.29) is 11.9 Å². The summed E-state index contributed by atoms with van der Waals surface area (Å²) >= 11 is 0. The number of carbonyl (C=O) groups is 1. The highest BCUT2D eigenvalue weighted by molar-refractivity contribution is 5.88. The Morgan fingerprint density at radius 2 is 1.96 bits per heavy atom. The van der Waals surface area contributed by atoms with Gasteiger partial charge in [0.1, 0.15) is 5.58 Å². The average molecular weight is 333 g/mol. The fourth-order valence-electron chi connectivity index (χ4n) is 3.87. The second-order valence-electron chi connectivity index (χ2n) is 7.13. The number of carbonyl (C=O) groups excluding carboxylic acids is 1. The molecule has 2 aromatic carbocycles. The number of nitrogens with zero attached hydrogens (tertiary/aromatic N) is 1. The summed E-state index contributed by atoms with van der Waals surface area (Å²) < 4.78 is 5.68. The zero-order valence-corrected chi connectivity index (χ0v) is 15.0. The van der Waals surface area contributed by atoms with Gasteiger partial charge in [-0.3, -0.25) is 4.79 Å². The van der Waals surface area contributed by atoms with Crippen molar-refractivity contribution in [1.29, 1.82) is 0 Å². The minimum absolute atomic E-state index is 0.141. The summed E-state index contributed by atoms with van der Waals surface area (Å²) in [5.41, 5.74) is 6.93. The van der Waals surface area contributed by atoms with Crippen LogP contribution in [0.2, 0.25) is 0 Å². The first-order chi connectivity index (χ1) is 12.0. The van der Waals surface area contributed by atoms with Gasteiger partial charge in [0.25, 0.3) is 0 Å². The van der Waals surface area contributed by atoms with Crippen molar-refractivity contribution in [3.8, 4) is 0 Å². The van der Waals surface area contributed by atoms with E-state index in [1.165, 1.54) is 22.3 Å². The van der Waals surface area contributed by atoms with Gasteiger partial charge < -0.3 is 9.32 Å². The molecule has 1 atom stereocenters. The van der Waals surface area contributed by atoms with Crippen LogP contribution < -0.4 is 0 Å². The van der Waals surface area contributed by atoms with Gasteiger partial charge in [-0.2, -0.15) is 0 Å². The quantitative estimate of drug-likeness (QED) is 0.694. The highest BCUT2D eigenvalue weighted by atomic mass is 16.3. The average Bonchev–Trinajstić information content (AvgIpc) is 3.19. The van der Waals surface area contributed by atoms with Crippen LogP contribution in [0.5, 0.6) is 0 Å². The van der Waals surface area contributed by atoms with Crippen molar-refractivity contribution in [2.75, 3.05) is 7.05 Å². The molecular weight excluding hydrogens is 310 g/mol. The van der Waals surface area contributed by atoms with Crippen molar-refractivity contribution in [3.63, 3.8) is 0 Å². The van der Waals surface area contributed by atoms with E-state index < -0.39 is 0 Å². The smallest absolute Gasteiger partial charge is 0.227 e. The number of aryl methyl sites for hydroxylation is 3. The number of hydrogen-bond donors (Lipinski definition) is 0. The predicted molar refractivity (Wildman–Crippen MR) is 99.7 cm³/mol. The van der Waals surface area contributed by atoms with Gasteiger partial charge >= 0.3 is 0 Å². The number of likely N-dealkylation sites (N-methyl/N-ethyl adjacent to an activating group) is 1. The summed E-state index contributed by atoms with van der Waals surface area (Å²) in [5.74, 6) is 0.141. The number of fused-ring (bicyclic) bond motifs is 2. The number of amides is 1. The summed E-state index contributed by atoms with van der Waals surface area (Å²) in [6.07, 6.45) is 4.17. The SMILES string of the molecule is Cc1cc2occ(CC(=O)N(C)[C@H]3CCc4ccccc43)c2cc1C. The molecule has 0 radical (unpaired) electrons. The fourth-order valence-corrected chi connectivity index (χ4v) is 3.87. The largest absolute Gasteiger partial charge is 0.464 e. The standard InChI is InChI=1S/C22H23NO2/c1-14-10-19-17(13-25-21(19)11-15(14)2)12-22(24)23(3)20-9-8-16-6-4-5-7-18(16)20/h4-7,10-11,13,20H,8-9,12H2,1-3H3/t20-/m0/s1. The Labute approximate surface area is 148 Å². The molecule has 1 aliphatic rings. The monoisotopic (exact) mass is 333 g/mol. The molecule has 0 saturated heterocycles. The molecule has 0 aliphatic heterocycles. The Balaban J connectivity index is 1.57. The zero-order valence-electron chi connectivity index (χ0n) is 15.0. The molecule has 0 saturated carbocycles. The topological polar surface area (TPSA) is 33.5 Å². The summed E-state index contributed by atoms with van der Waals surface area (Å²) in [6.45, 7) is 4.17. The lowest BCUT2D eigenvalue weighted by molar-refractivity contribution is -0.131. The van der Waals surface area contributed by atoms with Gasteiger partial charge in [-0.25, -0.2) is 0 Å². The molecule has 1 aliphatic carbocycles. The molecule has 0 spiro atoms. The van der Waals surface area contributed by atoms with E-state index in [1.54, 1.807) is 6.26 Å². The number of furan rings is 1. The molecule has 3 heteroatoms. The van der Waals surface area contributed by atoms with Gasteiger partial charge in [0.15, 0.2) is 0 Å². The maximum absolute atomic E-state index is 12.9. The first-order valence-corrected chi connectivity index (χ1v) is 8.85. The van der Waals surface area contributed by atoms with Crippen molar-refractivity contribution in [3.05, 3.63) is 70.5 Å². The van der Waals surface area contributed by atoms with Crippen LogP contribution in [-0.4, -0.2) is 17.9 Å². The molecule has 3 aromatic rings. The lowest BCUT2D eigenvalue weighted by atomic mass is 10.0. The Hall–Kier alpha value is -2.55. The molecule has 1 amide bonds. The van der Waals surface area contributed by atoms with Crippen LogP contribution in [0.25, 0.3) is 11.0 Å². The summed E-state index contributed by atoms with van der Waals surface area (Å²) in [7, 11) is 1.92. The summed E-state index contributed by atoms with van der Waals surface area (Å²) in [4.78, 5) is 14.8. The lowest BCUT2D eigenvalue weighted by Crippen LogP contribution is -2.31. The van der Waals surface area contributed by atoms with Crippen molar-refractivity contribution < 1.29 is 9.21 Å². The normalized spacial score (nSPS) is 16.2. The van der Waals surface area contributed by atoms with Crippen LogP contribution in [0.3, 0.4) is 0 Å². The van der Waals surface area contributed by atoms with Crippen LogP contribution in [-0.2, 0) is 17.6 Å². The number of rotatable bonds is 3. The van der Waals surface area contributed by atoms with Crippen LogP contribution in [0.15, 0.2) is 47.1 Å². The second kappa shape index (κ2) is 6.07. The summed E-state index contributed by atoms with van der Waals surface area (Å²) in [6, 6.07) is 12.8. The third kappa shape index (κ3) is 2.74. The number of benzene rings is 2. The van der Waals surface area contributed by atoms with Crippen molar-refractivity contribution in [1.82, 2.24) is 4.90 Å². The maximum atomic E-state index is 12.9. The Morgan fingerprint density at radius 3 is 2.80 bits per heavy atom. The van der Waals surface area contributed by atoms with Crippen molar-refractivity contribution >= 4 is 16.9 Å². The molecule has 1 heterocycles. The van der Waals surface area contributed by atoms with Gasteiger partial charge in [0.2, 0.25) is 5.91 Å². The van der Waals surface area contributed by atoms with Gasteiger partial charge in [-0.1, -0.05) is 24.3 Å². The molecule has 3 nitrogen and oxygen atoms in total. The second-order valence-corrected chi connectivity index (χ2v) is 7.13. The van der Waals surface area contributed by atoms with E-state index in [9.17, 15) is 4.79 Å². The van der Waals surface area contributed by atoms with Crippen LogP contribution in [0.1, 0.15) is 40.3 Å². The maximum Gasteiger partial charge on any atom is 0.227 e. The third-order valence-electron chi connectivity index (χ3n) is 5.57. The van der Waals surface area contributed by atoms with Crippen molar-refractivity contribution in [2.24, 2.45) is 0 Å². The first kappa shape index (κ1) is 15.9. The van der Waals surface area contributed by atoms with E-state index in [4.69, 9.17) is 4.42 Å². The molecule has 0 bridgehead atoms. The highest BCUT2D eigenvalue weighted by Crippen LogP contribution is 2.35. The fraction of sp³-hybridized carbons (Fsp3) is 0.318. The van der Waals surface area contributed by atoms with E-state index in [0.29, 0.717) is 6.42 Å². The Morgan fingerprint density at radius 1 is 1.20 bits per heavy atom. The Kier molecular flexibility index (Phi) is 3.87. The van der Waals surface area contributed by atoms with Gasteiger partial charge in [-0.05, 0) is 61.1 Å². The predicted octanol–water partition coefficient (Wildman–Crippen LogP) is 4.74. The molecule has 0 N–H and O–H groups in total. The third-order valence-corrected chi connectivity index (χ3v) is 5.57. The van der Waals surface area contributed by atoms with E-state index in [0.717, 1.165) is 29.4 Å². The van der Waals surface area contributed by atoms with Crippen LogP contribution in [0.4, 0.5) is 0 Å². The van der Waals surface area contributed by atoms with E-state index in [1.807, 2.05) is 11.9 Å². The van der Waals surface area contributed by atoms with Crippen LogP contribution in [0, 0.1) is 13.8 Å². The van der Waals surface area contributed by atoms with Gasteiger partial charge in [-0.15, -0.1) is 0 Å². The van der Waals surface area contributed by atoms with Crippen LogP contribution >= 0.6 is 0 Å². The molecule has 25 heavy (non-hydrogen) atoms. The number of hydrogen-bond acceptors (Lipinski definition) is 2. The zero-order chi connectivity index (χ0) is 17.6. The highest BCUT2D eigenvalue weighted by Gasteiger charge is 2.28. The van der Waals surface area contributed by atoms with E-state index >= 15 is 0 Å². The first-order valence-electron chi connectivity index (χ1n) is 8.85. The van der Waals surface area contributed by atoms with Gasteiger partial charge in [0, 0.05) is 18.0 Å². The minimum atomic E-state index is 0.141. The van der Waals surface area contributed by atoms with Gasteiger partial charge in [0.05, 0.1) is 18.7 Å². The molecular formula is C22H23NO2. The molecule has 4 rings (SSSR count). The Bertz CT molecular complexity index is 954. The minimum Gasteiger partial charge on any atom is -0.464 e. The summed E-state index contributed by atoms with van der Waals surface area (Å²) in [5, 5.41) is 1.05. The van der Waals surface area contributed by atoms with E-state index in [2.05, 4.69) is 50.2 Å². The molecule has 128 valence electrons. The molecule has 0 unspecified atom stereocenters.